The summed E-state index contributed by atoms with van der Waals surface area (Å²) in [5, 5.41) is 2.90. The van der Waals surface area contributed by atoms with Crippen LogP contribution in [0.4, 0.5) is 5.69 Å². The van der Waals surface area contributed by atoms with Crippen LogP contribution in [0.5, 0.6) is 0 Å². The van der Waals surface area contributed by atoms with Crippen LogP contribution in [-0.4, -0.2) is 19.0 Å². The first-order valence-electron chi connectivity index (χ1n) is 8.08. The monoisotopic (exact) mass is 303 g/mol. The summed E-state index contributed by atoms with van der Waals surface area (Å²) in [5.74, 6) is -1.28. The largest absolute Gasteiger partial charge is 0.468 e. The SMILES string of the molecule is COC(=O)[C@H](C(=O)Nc1ccccc1C)C1CCCCCC1. The zero-order chi connectivity index (χ0) is 15.9. The Morgan fingerprint density at radius 2 is 1.77 bits per heavy atom. The Morgan fingerprint density at radius 1 is 1.14 bits per heavy atom. The Hall–Kier alpha value is -1.84. The van der Waals surface area contributed by atoms with Crippen molar-refractivity contribution in [3.8, 4) is 0 Å². The summed E-state index contributed by atoms with van der Waals surface area (Å²) in [6.45, 7) is 1.94. The van der Waals surface area contributed by atoms with Crippen molar-refractivity contribution in [1.82, 2.24) is 0 Å². The van der Waals surface area contributed by atoms with Crippen LogP contribution in [0.3, 0.4) is 0 Å². The first-order chi connectivity index (χ1) is 10.6. The zero-order valence-electron chi connectivity index (χ0n) is 13.4. The minimum absolute atomic E-state index is 0.0824. The molecular weight excluding hydrogens is 278 g/mol. The number of ether oxygens (including phenoxy) is 1. The lowest BCUT2D eigenvalue weighted by Crippen LogP contribution is -2.36. The van der Waals surface area contributed by atoms with Gasteiger partial charge in [0.25, 0.3) is 0 Å². The molecule has 1 fully saturated rings. The minimum atomic E-state index is -0.706. The summed E-state index contributed by atoms with van der Waals surface area (Å²) >= 11 is 0. The van der Waals surface area contributed by atoms with Gasteiger partial charge >= 0.3 is 5.97 Å². The van der Waals surface area contributed by atoms with Crippen molar-refractivity contribution in [3.05, 3.63) is 29.8 Å². The molecule has 0 unspecified atom stereocenters. The topological polar surface area (TPSA) is 55.4 Å². The van der Waals surface area contributed by atoms with E-state index >= 15 is 0 Å². The first-order valence-corrected chi connectivity index (χ1v) is 8.08. The van der Waals surface area contributed by atoms with Crippen LogP contribution in [0.25, 0.3) is 0 Å². The molecule has 1 N–H and O–H groups in total. The molecule has 2 rings (SSSR count). The lowest BCUT2D eigenvalue weighted by Gasteiger charge is -2.23. The van der Waals surface area contributed by atoms with Crippen LogP contribution in [0.1, 0.15) is 44.1 Å². The Morgan fingerprint density at radius 3 is 2.36 bits per heavy atom. The third-order valence-electron chi connectivity index (χ3n) is 4.51. The number of rotatable bonds is 4. The van der Waals surface area contributed by atoms with Crippen LogP contribution in [0.2, 0.25) is 0 Å². The first kappa shape index (κ1) is 16.5. The summed E-state index contributed by atoms with van der Waals surface area (Å²) in [7, 11) is 1.35. The van der Waals surface area contributed by atoms with Crippen molar-refractivity contribution in [2.45, 2.75) is 45.4 Å². The Balaban J connectivity index is 2.15. The number of hydrogen-bond donors (Lipinski definition) is 1. The van der Waals surface area contributed by atoms with Gasteiger partial charge in [-0.3, -0.25) is 9.59 Å². The highest BCUT2D eigenvalue weighted by atomic mass is 16.5. The van der Waals surface area contributed by atoms with E-state index in [2.05, 4.69) is 5.32 Å². The number of aryl methyl sites for hydroxylation is 1. The van der Waals surface area contributed by atoms with Gasteiger partial charge < -0.3 is 10.1 Å². The number of methoxy groups -OCH3 is 1. The van der Waals surface area contributed by atoms with Crippen molar-refractivity contribution in [1.29, 1.82) is 0 Å². The van der Waals surface area contributed by atoms with Crippen molar-refractivity contribution in [3.63, 3.8) is 0 Å². The van der Waals surface area contributed by atoms with Crippen molar-refractivity contribution in [2.24, 2.45) is 11.8 Å². The third-order valence-corrected chi connectivity index (χ3v) is 4.51. The van der Waals surface area contributed by atoms with Gasteiger partial charge in [0.05, 0.1) is 7.11 Å². The molecule has 1 atom stereocenters. The predicted molar refractivity (Wildman–Crippen MR) is 86.5 cm³/mol. The molecule has 4 nitrogen and oxygen atoms in total. The number of hydrogen-bond acceptors (Lipinski definition) is 3. The fourth-order valence-corrected chi connectivity index (χ4v) is 3.21. The fraction of sp³-hybridized carbons (Fsp3) is 0.556. The Kier molecular flexibility index (Phi) is 5.99. The van der Waals surface area contributed by atoms with Gasteiger partial charge in [0.15, 0.2) is 0 Å². The molecule has 4 heteroatoms. The van der Waals surface area contributed by atoms with Gasteiger partial charge in [-0.2, -0.15) is 0 Å². The Labute approximate surface area is 132 Å². The summed E-state index contributed by atoms with van der Waals surface area (Å²) in [4.78, 5) is 24.8. The number of para-hydroxylation sites is 1. The highest BCUT2D eigenvalue weighted by Gasteiger charge is 2.36. The quantitative estimate of drug-likeness (QED) is 0.524. The number of nitrogens with one attached hydrogen (secondary N) is 1. The average Bonchev–Trinajstić information content (AvgIpc) is 2.79. The van der Waals surface area contributed by atoms with Gasteiger partial charge in [0.1, 0.15) is 5.92 Å². The lowest BCUT2D eigenvalue weighted by molar-refractivity contribution is -0.151. The van der Waals surface area contributed by atoms with E-state index in [1.54, 1.807) is 0 Å². The summed E-state index contributed by atoms with van der Waals surface area (Å²) in [6, 6.07) is 7.60. The molecule has 0 radical (unpaired) electrons. The van der Waals surface area contributed by atoms with Gasteiger partial charge in [-0.05, 0) is 37.3 Å². The van der Waals surface area contributed by atoms with Gasteiger partial charge in [-0.25, -0.2) is 0 Å². The maximum absolute atomic E-state index is 12.7. The molecule has 120 valence electrons. The molecular formula is C18H25NO3. The van der Waals surface area contributed by atoms with E-state index in [-0.39, 0.29) is 11.8 Å². The van der Waals surface area contributed by atoms with Gasteiger partial charge in [-0.1, -0.05) is 43.9 Å². The van der Waals surface area contributed by atoms with Crippen LogP contribution in [-0.2, 0) is 14.3 Å². The van der Waals surface area contributed by atoms with E-state index < -0.39 is 11.9 Å². The average molecular weight is 303 g/mol. The molecule has 0 spiro atoms. The fourth-order valence-electron chi connectivity index (χ4n) is 3.21. The highest BCUT2D eigenvalue weighted by Crippen LogP contribution is 2.31. The van der Waals surface area contributed by atoms with Gasteiger partial charge in [0.2, 0.25) is 5.91 Å². The molecule has 0 aromatic heterocycles. The van der Waals surface area contributed by atoms with Crippen LogP contribution in [0.15, 0.2) is 24.3 Å². The molecule has 0 aliphatic heterocycles. The number of carbonyl (C=O) groups is 2. The molecule has 0 heterocycles. The summed E-state index contributed by atoms with van der Waals surface area (Å²) < 4.78 is 4.90. The molecule has 1 aromatic rings. The number of benzene rings is 1. The van der Waals surface area contributed by atoms with Crippen molar-refractivity contribution < 1.29 is 14.3 Å². The number of esters is 1. The van der Waals surface area contributed by atoms with Crippen LogP contribution in [0, 0.1) is 18.8 Å². The van der Waals surface area contributed by atoms with E-state index in [9.17, 15) is 9.59 Å². The number of carbonyl (C=O) groups excluding carboxylic acids is 2. The smallest absolute Gasteiger partial charge is 0.318 e. The van der Waals surface area contributed by atoms with Crippen LogP contribution >= 0.6 is 0 Å². The van der Waals surface area contributed by atoms with E-state index in [1.807, 2.05) is 31.2 Å². The maximum Gasteiger partial charge on any atom is 0.318 e. The van der Waals surface area contributed by atoms with Crippen LogP contribution < -0.4 is 5.32 Å². The Bertz CT molecular complexity index is 519. The van der Waals surface area contributed by atoms with E-state index in [0.717, 1.165) is 36.9 Å². The predicted octanol–water partition coefficient (Wildman–Crippen LogP) is 3.69. The van der Waals surface area contributed by atoms with Gasteiger partial charge in [-0.15, -0.1) is 0 Å². The van der Waals surface area contributed by atoms with E-state index in [1.165, 1.54) is 20.0 Å². The van der Waals surface area contributed by atoms with E-state index in [4.69, 9.17) is 4.74 Å². The third kappa shape index (κ3) is 4.09. The maximum atomic E-state index is 12.7. The molecule has 1 aliphatic rings. The minimum Gasteiger partial charge on any atom is -0.468 e. The normalized spacial score (nSPS) is 17.4. The second-order valence-electron chi connectivity index (χ2n) is 6.06. The number of amides is 1. The van der Waals surface area contributed by atoms with Crippen molar-refractivity contribution >= 4 is 17.6 Å². The molecule has 22 heavy (non-hydrogen) atoms. The van der Waals surface area contributed by atoms with E-state index in [0.29, 0.717) is 0 Å². The molecule has 0 saturated heterocycles. The summed E-state index contributed by atoms with van der Waals surface area (Å²) in [5.41, 5.74) is 1.75. The highest BCUT2D eigenvalue weighted by molar-refractivity contribution is 6.05. The molecule has 1 amide bonds. The molecule has 0 bridgehead atoms. The molecule has 1 saturated carbocycles. The molecule has 1 aliphatic carbocycles. The number of anilines is 1. The van der Waals surface area contributed by atoms with Crippen molar-refractivity contribution in [2.75, 3.05) is 12.4 Å². The second-order valence-corrected chi connectivity index (χ2v) is 6.06. The lowest BCUT2D eigenvalue weighted by atomic mass is 9.85. The zero-order valence-corrected chi connectivity index (χ0v) is 13.4. The van der Waals surface area contributed by atoms with Gasteiger partial charge in [0, 0.05) is 5.69 Å². The molecule has 1 aromatic carbocycles. The second kappa shape index (κ2) is 7.97. The summed E-state index contributed by atoms with van der Waals surface area (Å²) in [6.07, 6.45) is 6.36. The standard InChI is InChI=1S/C18H25NO3/c1-13-9-7-8-12-15(13)19-17(20)16(18(21)22-2)14-10-5-3-4-6-11-14/h7-9,12,14,16H,3-6,10-11H2,1-2H3,(H,19,20)/t16-/m0/s1.